The van der Waals surface area contributed by atoms with Crippen LogP contribution >= 0.6 is 0 Å². The van der Waals surface area contributed by atoms with E-state index in [0.29, 0.717) is 23.1 Å². The summed E-state index contributed by atoms with van der Waals surface area (Å²) in [5.41, 5.74) is 3.21. The minimum Gasteiger partial charge on any atom is -0.467 e. The second kappa shape index (κ2) is 9.34. The SMILES string of the molecule is CCOC(=O)C(=O)c1cc(C)c(OCOC)c2c(Cc3ccccc3)cccc12. The van der Waals surface area contributed by atoms with Gasteiger partial charge in [-0.1, -0.05) is 48.5 Å². The molecule has 29 heavy (non-hydrogen) atoms. The van der Waals surface area contributed by atoms with Crippen LogP contribution in [0.1, 0.15) is 34.0 Å². The van der Waals surface area contributed by atoms with Crippen LogP contribution < -0.4 is 4.74 Å². The summed E-state index contributed by atoms with van der Waals surface area (Å²) in [5.74, 6) is -0.865. The van der Waals surface area contributed by atoms with Gasteiger partial charge in [0, 0.05) is 18.1 Å². The fraction of sp³-hybridized carbons (Fsp3) is 0.250. The van der Waals surface area contributed by atoms with Gasteiger partial charge in [-0.05, 0) is 48.4 Å². The molecule has 150 valence electrons. The van der Waals surface area contributed by atoms with E-state index in [9.17, 15) is 9.59 Å². The van der Waals surface area contributed by atoms with Crippen molar-refractivity contribution in [3.63, 3.8) is 0 Å². The topological polar surface area (TPSA) is 61.8 Å². The number of ketones is 1. The second-order valence-corrected chi connectivity index (χ2v) is 6.67. The van der Waals surface area contributed by atoms with Gasteiger partial charge in [-0.2, -0.15) is 0 Å². The number of hydrogen-bond acceptors (Lipinski definition) is 5. The maximum absolute atomic E-state index is 12.8. The lowest BCUT2D eigenvalue weighted by Crippen LogP contribution is -2.18. The summed E-state index contributed by atoms with van der Waals surface area (Å²) < 4.78 is 15.9. The summed E-state index contributed by atoms with van der Waals surface area (Å²) in [4.78, 5) is 24.9. The molecule has 5 heteroatoms. The van der Waals surface area contributed by atoms with Crippen LogP contribution in [0.2, 0.25) is 0 Å². The van der Waals surface area contributed by atoms with Crippen molar-refractivity contribution in [1.29, 1.82) is 0 Å². The number of rotatable bonds is 8. The molecule has 3 aromatic carbocycles. The van der Waals surface area contributed by atoms with Crippen LogP contribution in [0.25, 0.3) is 10.8 Å². The number of benzene rings is 3. The summed E-state index contributed by atoms with van der Waals surface area (Å²) in [7, 11) is 1.56. The van der Waals surface area contributed by atoms with Crippen molar-refractivity contribution < 1.29 is 23.8 Å². The summed E-state index contributed by atoms with van der Waals surface area (Å²) in [5, 5.41) is 1.47. The van der Waals surface area contributed by atoms with Crippen LogP contribution in [0.15, 0.2) is 54.6 Å². The minimum atomic E-state index is -0.854. The van der Waals surface area contributed by atoms with Gasteiger partial charge in [0.1, 0.15) is 5.75 Å². The molecule has 3 rings (SSSR count). The maximum atomic E-state index is 12.8. The van der Waals surface area contributed by atoms with Crippen molar-refractivity contribution in [2.75, 3.05) is 20.5 Å². The summed E-state index contributed by atoms with van der Waals surface area (Å²) in [6.45, 7) is 3.76. The van der Waals surface area contributed by atoms with Gasteiger partial charge in [0.25, 0.3) is 5.78 Å². The summed E-state index contributed by atoms with van der Waals surface area (Å²) in [6.07, 6.45) is 0.665. The van der Waals surface area contributed by atoms with Crippen molar-refractivity contribution in [1.82, 2.24) is 0 Å². The van der Waals surface area contributed by atoms with Gasteiger partial charge >= 0.3 is 5.97 Å². The van der Waals surface area contributed by atoms with E-state index in [-0.39, 0.29) is 13.4 Å². The largest absolute Gasteiger partial charge is 0.467 e. The number of carbonyl (C=O) groups is 2. The van der Waals surface area contributed by atoms with Crippen molar-refractivity contribution in [3.05, 3.63) is 76.9 Å². The highest BCUT2D eigenvalue weighted by Gasteiger charge is 2.24. The quantitative estimate of drug-likeness (QED) is 0.245. The van der Waals surface area contributed by atoms with Crippen molar-refractivity contribution in [3.8, 4) is 5.75 Å². The molecule has 0 aliphatic carbocycles. The first-order chi connectivity index (χ1) is 14.1. The first-order valence-corrected chi connectivity index (χ1v) is 9.49. The third-order valence-corrected chi connectivity index (χ3v) is 4.65. The van der Waals surface area contributed by atoms with Gasteiger partial charge in [-0.25, -0.2) is 4.79 Å². The molecule has 0 radical (unpaired) electrons. The average molecular weight is 392 g/mol. The van der Waals surface area contributed by atoms with Crippen LogP contribution in [0.4, 0.5) is 0 Å². The molecular formula is C24H24O5. The van der Waals surface area contributed by atoms with Gasteiger partial charge in [0.2, 0.25) is 0 Å². The van der Waals surface area contributed by atoms with E-state index >= 15 is 0 Å². The van der Waals surface area contributed by atoms with Crippen LogP contribution in [0.3, 0.4) is 0 Å². The number of methoxy groups -OCH3 is 1. The Balaban J connectivity index is 2.21. The molecular weight excluding hydrogens is 368 g/mol. The number of carbonyl (C=O) groups excluding carboxylic acids is 2. The molecule has 3 aromatic rings. The van der Waals surface area contributed by atoms with Crippen LogP contribution in [0, 0.1) is 6.92 Å². The molecule has 0 aliphatic rings. The lowest BCUT2D eigenvalue weighted by Gasteiger charge is -2.17. The molecule has 0 saturated heterocycles. The van der Waals surface area contributed by atoms with E-state index < -0.39 is 11.8 Å². The number of Topliss-reactive ketones (excluding diaryl/α,β-unsaturated/α-hetero) is 1. The highest BCUT2D eigenvalue weighted by atomic mass is 16.7. The first-order valence-electron chi connectivity index (χ1n) is 9.49. The standard InChI is InChI=1S/C24H24O5/c1-4-28-24(26)22(25)20-13-16(2)23(29-15-27-3)21-18(11-8-12-19(20)21)14-17-9-6-5-7-10-17/h5-13H,4,14-15H2,1-3H3. The minimum absolute atomic E-state index is 0.0841. The molecule has 0 aromatic heterocycles. The van der Waals surface area contributed by atoms with Gasteiger partial charge in [0.05, 0.1) is 6.61 Å². The third-order valence-electron chi connectivity index (χ3n) is 4.65. The smallest absolute Gasteiger partial charge is 0.379 e. The predicted molar refractivity (Wildman–Crippen MR) is 111 cm³/mol. The van der Waals surface area contributed by atoms with E-state index in [1.807, 2.05) is 43.3 Å². The zero-order valence-corrected chi connectivity index (χ0v) is 16.9. The fourth-order valence-corrected chi connectivity index (χ4v) is 3.41. The Labute approximate surface area is 170 Å². The molecule has 0 spiro atoms. The van der Waals surface area contributed by atoms with E-state index in [2.05, 4.69) is 12.1 Å². The van der Waals surface area contributed by atoms with Crippen molar-refractivity contribution >= 4 is 22.5 Å². The van der Waals surface area contributed by atoms with Crippen molar-refractivity contribution in [2.24, 2.45) is 0 Å². The van der Waals surface area contributed by atoms with Gasteiger partial charge in [-0.3, -0.25) is 4.79 Å². The molecule has 0 saturated carbocycles. The third kappa shape index (κ3) is 4.46. The van der Waals surface area contributed by atoms with Crippen LogP contribution in [0.5, 0.6) is 5.75 Å². The van der Waals surface area contributed by atoms with Gasteiger partial charge < -0.3 is 14.2 Å². The van der Waals surface area contributed by atoms with Gasteiger partial charge in [0.15, 0.2) is 6.79 Å². The summed E-state index contributed by atoms with van der Waals surface area (Å²) >= 11 is 0. The van der Waals surface area contributed by atoms with Crippen LogP contribution in [-0.2, 0) is 20.7 Å². The normalized spacial score (nSPS) is 10.7. The molecule has 0 fully saturated rings. The molecule has 0 N–H and O–H groups in total. The highest BCUT2D eigenvalue weighted by Crippen LogP contribution is 2.36. The molecule has 0 bridgehead atoms. The Kier molecular flexibility index (Phi) is 6.62. The lowest BCUT2D eigenvalue weighted by molar-refractivity contribution is -0.137. The van der Waals surface area contributed by atoms with E-state index in [1.54, 1.807) is 20.1 Å². The van der Waals surface area contributed by atoms with E-state index in [1.165, 1.54) is 0 Å². The zero-order valence-electron chi connectivity index (χ0n) is 16.9. The van der Waals surface area contributed by atoms with E-state index in [0.717, 1.165) is 22.1 Å². The Bertz CT molecular complexity index is 1020. The number of hydrogen-bond donors (Lipinski definition) is 0. The molecule has 0 amide bonds. The Hall–Kier alpha value is -3.18. The Morgan fingerprint density at radius 1 is 1.00 bits per heavy atom. The molecule has 0 atom stereocenters. The molecule has 0 aliphatic heterocycles. The fourth-order valence-electron chi connectivity index (χ4n) is 3.41. The van der Waals surface area contributed by atoms with Crippen LogP contribution in [-0.4, -0.2) is 32.3 Å². The second-order valence-electron chi connectivity index (χ2n) is 6.67. The maximum Gasteiger partial charge on any atom is 0.379 e. The molecule has 5 nitrogen and oxygen atoms in total. The monoisotopic (exact) mass is 392 g/mol. The first kappa shape index (κ1) is 20.6. The lowest BCUT2D eigenvalue weighted by atomic mass is 9.91. The zero-order chi connectivity index (χ0) is 20.8. The van der Waals surface area contributed by atoms with Gasteiger partial charge in [-0.15, -0.1) is 0 Å². The predicted octanol–water partition coefficient (Wildman–Crippen LogP) is 4.47. The Morgan fingerprint density at radius 3 is 2.45 bits per heavy atom. The number of aryl methyl sites for hydroxylation is 1. The number of fused-ring (bicyclic) bond motifs is 1. The Morgan fingerprint density at radius 2 is 1.76 bits per heavy atom. The van der Waals surface area contributed by atoms with Crippen molar-refractivity contribution in [2.45, 2.75) is 20.3 Å². The molecule has 0 unspecified atom stereocenters. The molecule has 0 heterocycles. The average Bonchev–Trinajstić information content (AvgIpc) is 2.73. The summed E-state index contributed by atoms with van der Waals surface area (Å²) in [6, 6.07) is 17.5. The highest BCUT2D eigenvalue weighted by molar-refractivity contribution is 6.43. The number of esters is 1. The number of ether oxygens (including phenoxy) is 3. The van der Waals surface area contributed by atoms with E-state index in [4.69, 9.17) is 14.2 Å².